The van der Waals surface area contributed by atoms with Crippen LogP contribution in [0, 0.1) is 0 Å². The second kappa shape index (κ2) is 7.20. The van der Waals surface area contributed by atoms with E-state index in [2.05, 4.69) is 28.7 Å². The minimum Gasteiger partial charge on any atom is -0.378 e. The van der Waals surface area contributed by atoms with Crippen molar-refractivity contribution in [2.24, 2.45) is 0 Å². The number of hydrogen-bond donors (Lipinski definition) is 1. The van der Waals surface area contributed by atoms with Crippen molar-refractivity contribution in [3.63, 3.8) is 0 Å². The third kappa shape index (κ3) is 4.46. The topological polar surface area (TPSA) is 58.6 Å². The molecule has 0 aromatic heterocycles. The van der Waals surface area contributed by atoms with Crippen molar-refractivity contribution in [3.05, 3.63) is 30.3 Å². The third-order valence-corrected chi connectivity index (χ3v) is 6.21. The Labute approximate surface area is 139 Å². The Morgan fingerprint density at radius 3 is 2.78 bits per heavy atom. The van der Waals surface area contributed by atoms with Crippen LogP contribution in [0.4, 0.5) is 5.69 Å². The van der Waals surface area contributed by atoms with Gasteiger partial charge >= 0.3 is 0 Å². The highest BCUT2D eigenvalue weighted by Crippen LogP contribution is 2.25. The Bertz CT molecular complexity index is 600. The molecule has 3 atom stereocenters. The normalized spacial score (nSPS) is 28.4. The van der Waals surface area contributed by atoms with Gasteiger partial charge in [-0.3, -0.25) is 0 Å². The van der Waals surface area contributed by atoms with Crippen LogP contribution in [0.25, 0.3) is 0 Å². The monoisotopic (exact) mass is 338 g/mol. The SMILES string of the molecule is CC1CC(NS(=O)(=O)CCC2CCCO2)CN1c1ccccc1. The van der Waals surface area contributed by atoms with E-state index < -0.39 is 10.0 Å². The summed E-state index contributed by atoms with van der Waals surface area (Å²) in [7, 11) is -3.24. The van der Waals surface area contributed by atoms with Crippen LogP contribution >= 0.6 is 0 Å². The van der Waals surface area contributed by atoms with Gasteiger partial charge in [0, 0.05) is 30.9 Å². The molecule has 2 aliphatic heterocycles. The van der Waals surface area contributed by atoms with Crippen LogP contribution in [0.3, 0.4) is 0 Å². The molecule has 1 aromatic carbocycles. The summed E-state index contributed by atoms with van der Waals surface area (Å²) in [5.74, 6) is 0.161. The lowest BCUT2D eigenvalue weighted by atomic mass is 10.2. The number of anilines is 1. The van der Waals surface area contributed by atoms with Gasteiger partial charge in [0.2, 0.25) is 10.0 Å². The Kier molecular flexibility index (Phi) is 5.24. The molecule has 128 valence electrons. The maximum absolute atomic E-state index is 12.3. The van der Waals surface area contributed by atoms with E-state index in [0.29, 0.717) is 12.5 Å². The number of rotatable bonds is 6. The Hall–Kier alpha value is -1.11. The highest BCUT2D eigenvalue weighted by molar-refractivity contribution is 7.89. The molecule has 1 aromatic rings. The largest absolute Gasteiger partial charge is 0.378 e. The first-order valence-corrected chi connectivity index (χ1v) is 10.1. The fourth-order valence-corrected chi connectivity index (χ4v) is 4.94. The van der Waals surface area contributed by atoms with Crippen LogP contribution < -0.4 is 9.62 Å². The molecule has 3 unspecified atom stereocenters. The van der Waals surface area contributed by atoms with Crippen LogP contribution in [0.2, 0.25) is 0 Å². The predicted octanol–water partition coefficient (Wildman–Crippen LogP) is 2.14. The number of nitrogens with zero attached hydrogens (tertiary/aromatic N) is 1. The molecule has 0 bridgehead atoms. The van der Waals surface area contributed by atoms with Gasteiger partial charge in [-0.05, 0) is 44.7 Å². The van der Waals surface area contributed by atoms with Gasteiger partial charge in [-0.25, -0.2) is 13.1 Å². The van der Waals surface area contributed by atoms with Gasteiger partial charge in [0.25, 0.3) is 0 Å². The zero-order valence-corrected chi connectivity index (χ0v) is 14.5. The highest BCUT2D eigenvalue weighted by Gasteiger charge is 2.32. The summed E-state index contributed by atoms with van der Waals surface area (Å²) in [6, 6.07) is 10.5. The molecule has 0 saturated carbocycles. The van der Waals surface area contributed by atoms with E-state index >= 15 is 0 Å². The molecule has 0 aliphatic carbocycles. The molecule has 2 saturated heterocycles. The average Bonchev–Trinajstić information content (AvgIpc) is 3.15. The first kappa shape index (κ1) is 16.7. The van der Waals surface area contributed by atoms with E-state index in [0.717, 1.165) is 38.1 Å². The minimum atomic E-state index is -3.24. The van der Waals surface area contributed by atoms with E-state index in [-0.39, 0.29) is 17.9 Å². The van der Waals surface area contributed by atoms with Gasteiger partial charge in [-0.15, -0.1) is 0 Å². The van der Waals surface area contributed by atoms with Crippen molar-refractivity contribution in [2.75, 3.05) is 23.8 Å². The summed E-state index contributed by atoms with van der Waals surface area (Å²) >= 11 is 0. The summed E-state index contributed by atoms with van der Waals surface area (Å²) in [4.78, 5) is 2.27. The molecule has 2 aliphatic rings. The average molecular weight is 338 g/mol. The van der Waals surface area contributed by atoms with Crippen molar-refractivity contribution in [3.8, 4) is 0 Å². The molecule has 2 fully saturated rings. The first-order chi connectivity index (χ1) is 11.0. The molecule has 0 amide bonds. The van der Waals surface area contributed by atoms with E-state index in [1.54, 1.807) is 0 Å². The van der Waals surface area contributed by atoms with Crippen LogP contribution in [-0.2, 0) is 14.8 Å². The number of sulfonamides is 1. The van der Waals surface area contributed by atoms with E-state index in [1.807, 2.05) is 18.2 Å². The van der Waals surface area contributed by atoms with Crippen molar-refractivity contribution >= 4 is 15.7 Å². The molecule has 0 radical (unpaired) electrons. The summed E-state index contributed by atoms with van der Waals surface area (Å²) in [6.45, 7) is 3.64. The molecule has 23 heavy (non-hydrogen) atoms. The Morgan fingerprint density at radius 2 is 2.09 bits per heavy atom. The van der Waals surface area contributed by atoms with Crippen LogP contribution in [-0.4, -0.2) is 45.5 Å². The summed E-state index contributed by atoms with van der Waals surface area (Å²) in [5, 5.41) is 0. The van der Waals surface area contributed by atoms with Gasteiger partial charge in [-0.2, -0.15) is 0 Å². The lowest BCUT2D eigenvalue weighted by Crippen LogP contribution is -2.39. The summed E-state index contributed by atoms with van der Waals surface area (Å²) in [5.41, 5.74) is 1.15. The molecule has 0 spiro atoms. The molecule has 2 heterocycles. The fraction of sp³-hybridized carbons (Fsp3) is 0.647. The van der Waals surface area contributed by atoms with Crippen LogP contribution in [0.1, 0.15) is 32.6 Å². The summed E-state index contributed by atoms with van der Waals surface area (Å²) < 4.78 is 33.0. The predicted molar refractivity (Wildman–Crippen MR) is 92.2 cm³/mol. The molecule has 1 N–H and O–H groups in total. The van der Waals surface area contributed by atoms with Gasteiger partial charge in [-0.1, -0.05) is 18.2 Å². The molecular weight excluding hydrogens is 312 g/mol. The molecule has 5 nitrogen and oxygen atoms in total. The number of benzene rings is 1. The lowest BCUT2D eigenvalue weighted by molar-refractivity contribution is 0.108. The van der Waals surface area contributed by atoms with Gasteiger partial charge in [0.15, 0.2) is 0 Å². The minimum absolute atomic E-state index is 0.0142. The number of ether oxygens (including phenoxy) is 1. The quantitative estimate of drug-likeness (QED) is 0.863. The van der Waals surface area contributed by atoms with E-state index in [1.165, 1.54) is 0 Å². The van der Waals surface area contributed by atoms with Crippen molar-refractivity contribution in [1.82, 2.24) is 4.72 Å². The smallest absolute Gasteiger partial charge is 0.212 e. The standard InChI is InChI=1S/C17H26N2O3S/c1-14-12-15(13-19(14)16-6-3-2-4-7-16)18-23(20,21)11-9-17-8-5-10-22-17/h2-4,6-7,14-15,17-18H,5,8-13H2,1H3. The second-order valence-electron chi connectivity index (χ2n) is 6.63. The first-order valence-electron chi connectivity index (χ1n) is 8.47. The number of para-hydroxylation sites is 1. The van der Waals surface area contributed by atoms with E-state index in [9.17, 15) is 8.42 Å². The molecule has 3 rings (SSSR count). The van der Waals surface area contributed by atoms with Crippen LogP contribution in [0.15, 0.2) is 30.3 Å². The van der Waals surface area contributed by atoms with Gasteiger partial charge in [0.1, 0.15) is 0 Å². The highest BCUT2D eigenvalue weighted by atomic mass is 32.2. The van der Waals surface area contributed by atoms with Gasteiger partial charge in [0.05, 0.1) is 11.9 Å². The number of nitrogens with one attached hydrogen (secondary N) is 1. The van der Waals surface area contributed by atoms with Crippen molar-refractivity contribution < 1.29 is 13.2 Å². The third-order valence-electron chi connectivity index (χ3n) is 4.74. The fourth-order valence-electron chi connectivity index (χ4n) is 3.57. The maximum atomic E-state index is 12.3. The zero-order valence-electron chi connectivity index (χ0n) is 13.6. The van der Waals surface area contributed by atoms with E-state index in [4.69, 9.17) is 4.74 Å². The lowest BCUT2D eigenvalue weighted by Gasteiger charge is -2.23. The Balaban J connectivity index is 1.53. The van der Waals surface area contributed by atoms with Crippen molar-refractivity contribution in [1.29, 1.82) is 0 Å². The van der Waals surface area contributed by atoms with Gasteiger partial charge < -0.3 is 9.64 Å². The zero-order chi connectivity index (χ0) is 16.3. The maximum Gasteiger partial charge on any atom is 0.212 e. The molecule has 6 heteroatoms. The van der Waals surface area contributed by atoms with Crippen molar-refractivity contribution in [2.45, 2.75) is 50.8 Å². The number of hydrogen-bond acceptors (Lipinski definition) is 4. The molecular formula is C17H26N2O3S. The second-order valence-corrected chi connectivity index (χ2v) is 8.50. The summed E-state index contributed by atoms with van der Waals surface area (Å²) in [6.07, 6.45) is 3.59. The van der Waals surface area contributed by atoms with Crippen LogP contribution in [0.5, 0.6) is 0 Å². The Morgan fingerprint density at radius 1 is 1.30 bits per heavy atom.